The smallest absolute Gasteiger partial charge is 0.255 e. The first-order valence-corrected chi connectivity index (χ1v) is 5.26. The summed E-state index contributed by atoms with van der Waals surface area (Å²) in [5, 5.41) is 0. The second-order valence-electron chi connectivity index (χ2n) is 4.45. The molecule has 0 saturated heterocycles. The van der Waals surface area contributed by atoms with E-state index in [-0.39, 0.29) is 5.91 Å². The second-order valence-corrected chi connectivity index (χ2v) is 4.45. The molecule has 0 spiro atoms. The molecule has 3 heteroatoms. The minimum absolute atomic E-state index is 0.0787. The zero-order valence-corrected chi connectivity index (χ0v) is 10.5. The third-order valence-corrected chi connectivity index (χ3v) is 2.64. The number of carbonyl (C=O) groups is 1. The Bertz CT molecular complexity index is 375. The molecule has 0 N–H and O–H groups in total. The summed E-state index contributed by atoms with van der Waals surface area (Å²) in [5.41, 5.74) is 3.01. The molecule has 1 rings (SSSR count). The molecule has 1 aromatic heterocycles. The van der Waals surface area contributed by atoms with E-state index in [1.54, 1.807) is 19.0 Å². The molecular formula is C12H20N2O. The first kappa shape index (κ1) is 11.8. The molecule has 1 heterocycles. The zero-order valence-electron chi connectivity index (χ0n) is 10.5. The maximum Gasteiger partial charge on any atom is 0.255 e. The molecule has 0 unspecified atom stereocenters. The minimum Gasteiger partial charge on any atom is -0.346 e. The number of rotatable bonds is 2. The number of hydrogen-bond acceptors (Lipinski definition) is 1. The minimum atomic E-state index is 0.0787. The van der Waals surface area contributed by atoms with Crippen molar-refractivity contribution in [3.8, 4) is 0 Å². The Morgan fingerprint density at radius 2 is 1.87 bits per heavy atom. The third-order valence-electron chi connectivity index (χ3n) is 2.64. The summed E-state index contributed by atoms with van der Waals surface area (Å²) in [6.45, 7) is 8.30. The molecule has 0 aromatic carbocycles. The van der Waals surface area contributed by atoms with E-state index in [0.717, 1.165) is 17.0 Å². The molecule has 0 aliphatic carbocycles. The van der Waals surface area contributed by atoms with Crippen molar-refractivity contribution < 1.29 is 4.79 Å². The molecule has 84 valence electrons. The Balaban J connectivity index is 3.24. The SMILES string of the molecule is Cc1cc(C(=O)N(C)C)c(C)n1C(C)C. The summed E-state index contributed by atoms with van der Waals surface area (Å²) >= 11 is 0. The molecule has 15 heavy (non-hydrogen) atoms. The van der Waals surface area contributed by atoms with Crippen LogP contribution in [0.2, 0.25) is 0 Å². The van der Waals surface area contributed by atoms with E-state index >= 15 is 0 Å². The van der Waals surface area contributed by atoms with Crippen molar-refractivity contribution in [1.29, 1.82) is 0 Å². The number of aryl methyl sites for hydroxylation is 1. The van der Waals surface area contributed by atoms with Crippen LogP contribution in [0.15, 0.2) is 6.07 Å². The highest BCUT2D eigenvalue weighted by Gasteiger charge is 2.17. The summed E-state index contributed by atoms with van der Waals surface area (Å²) in [5.74, 6) is 0.0787. The van der Waals surface area contributed by atoms with Gasteiger partial charge in [-0.15, -0.1) is 0 Å². The molecule has 0 aliphatic rings. The maximum atomic E-state index is 11.9. The first-order chi connectivity index (χ1) is 6.86. The molecule has 1 amide bonds. The summed E-state index contributed by atoms with van der Waals surface area (Å²) in [6, 6.07) is 2.37. The van der Waals surface area contributed by atoms with Gasteiger partial charge in [-0.1, -0.05) is 0 Å². The van der Waals surface area contributed by atoms with E-state index < -0.39 is 0 Å². The fourth-order valence-electron chi connectivity index (χ4n) is 2.03. The van der Waals surface area contributed by atoms with Crippen LogP contribution in [0.5, 0.6) is 0 Å². The highest BCUT2D eigenvalue weighted by molar-refractivity contribution is 5.95. The highest BCUT2D eigenvalue weighted by atomic mass is 16.2. The van der Waals surface area contributed by atoms with Crippen LogP contribution in [0.3, 0.4) is 0 Å². The van der Waals surface area contributed by atoms with Crippen molar-refractivity contribution in [3.05, 3.63) is 23.0 Å². The van der Waals surface area contributed by atoms with Gasteiger partial charge < -0.3 is 9.47 Å². The molecule has 0 bridgehead atoms. The quantitative estimate of drug-likeness (QED) is 0.732. The molecule has 3 nitrogen and oxygen atoms in total. The molecule has 0 radical (unpaired) electrons. The predicted octanol–water partition coefficient (Wildman–Crippen LogP) is 2.39. The average Bonchev–Trinajstić information content (AvgIpc) is 2.40. The summed E-state index contributed by atoms with van der Waals surface area (Å²) in [4.78, 5) is 13.5. The topological polar surface area (TPSA) is 25.2 Å². The second kappa shape index (κ2) is 4.09. The molecule has 0 saturated carbocycles. The van der Waals surface area contributed by atoms with Gasteiger partial charge in [0.15, 0.2) is 0 Å². The van der Waals surface area contributed by atoms with Gasteiger partial charge in [-0.3, -0.25) is 4.79 Å². The lowest BCUT2D eigenvalue weighted by Gasteiger charge is -2.14. The van der Waals surface area contributed by atoms with Crippen molar-refractivity contribution in [2.75, 3.05) is 14.1 Å². The molecule has 0 atom stereocenters. The lowest BCUT2D eigenvalue weighted by Crippen LogP contribution is -2.22. The molecular weight excluding hydrogens is 188 g/mol. The van der Waals surface area contributed by atoms with Crippen molar-refractivity contribution in [1.82, 2.24) is 9.47 Å². The summed E-state index contributed by atoms with van der Waals surface area (Å²) < 4.78 is 2.19. The molecule has 1 aromatic rings. The Morgan fingerprint density at radius 1 is 1.33 bits per heavy atom. The van der Waals surface area contributed by atoms with E-state index in [2.05, 4.69) is 18.4 Å². The van der Waals surface area contributed by atoms with Crippen LogP contribution < -0.4 is 0 Å². The lowest BCUT2D eigenvalue weighted by molar-refractivity contribution is 0.0827. The third kappa shape index (κ3) is 2.06. The van der Waals surface area contributed by atoms with E-state index in [9.17, 15) is 4.79 Å². The highest BCUT2D eigenvalue weighted by Crippen LogP contribution is 2.20. The van der Waals surface area contributed by atoms with Crippen molar-refractivity contribution >= 4 is 5.91 Å². The van der Waals surface area contributed by atoms with Crippen molar-refractivity contribution in [2.45, 2.75) is 33.7 Å². The monoisotopic (exact) mass is 208 g/mol. The van der Waals surface area contributed by atoms with Crippen molar-refractivity contribution in [2.24, 2.45) is 0 Å². The van der Waals surface area contributed by atoms with Crippen molar-refractivity contribution in [3.63, 3.8) is 0 Å². The van der Waals surface area contributed by atoms with Gasteiger partial charge in [0.05, 0.1) is 5.56 Å². The maximum absolute atomic E-state index is 11.9. The van der Waals surface area contributed by atoms with Gasteiger partial charge in [0.2, 0.25) is 0 Å². The fourth-order valence-corrected chi connectivity index (χ4v) is 2.03. The van der Waals surface area contributed by atoms with Crippen LogP contribution >= 0.6 is 0 Å². The van der Waals surface area contributed by atoms with Gasteiger partial charge in [-0.25, -0.2) is 0 Å². The number of aromatic nitrogens is 1. The summed E-state index contributed by atoms with van der Waals surface area (Å²) in [7, 11) is 3.56. The lowest BCUT2D eigenvalue weighted by atomic mass is 10.2. The van der Waals surface area contributed by atoms with Gasteiger partial charge in [0.1, 0.15) is 0 Å². The number of nitrogens with zero attached hydrogens (tertiary/aromatic N) is 2. The Hall–Kier alpha value is -1.25. The Morgan fingerprint density at radius 3 is 2.20 bits per heavy atom. The average molecular weight is 208 g/mol. The van der Waals surface area contributed by atoms with Gasteiger partial charge in [0, 0.05) is 31.5 Å². The van der Waals surface area contributed by atoms with Crippen LogP contribution in [-0.2, 0) is 0 Å². The van der Waals surface area contributed by atoms with E-state index in [4.69, 9.17) is 0 Å². The largest absolute Gasteiger partial charge is 0.346 e. The Kier molecular flexibility index (Phi) is 3.22. The van der Waals surface area contributed by atoms with Gasteiger partial charge >= 0.3 is 0 Å². The standard InChI is InChI=1S/C12H20N2O/c1-8(2)14-9(3)7-11(10(14)4)12(15)13(5)6/h7-8H,1-6H3. The number of carbonyl (C=O) groups excluding carboxylic acids is 1. The van der Waals surface area contributed by atoms with Crippen LogP contribution in [0.25, 0.3) is 0 Å². The van der Waals surface area contributed by atoms with Crippen LogP contribution in [0.4, 0.5) is 0 Å². The van der Waals surface area contributed by atoms with Crippen LogP contribution in [0, 0.1) is 13.8 Å². The van der Waals surface area contributed by atoms with Gasteiger partial charge in [-0.2, -0.15) is 0 Å². The number of hydrogen-bond donors (Lipinski definition) is 0. The van der Waals surface area contributed by atoms with E-state index in [1.165, 1.54) is 0 Å². The first-order valence-electron chi connectivity index (χ1n) is 5.26. The summed E-state index contributed by atoms with van der Waals surface area (Å²) in [6.07, 6.45) is 0. The van der Waals surface area contributed by atoms with Crippen LogP contribution in [-0.4, -0.2) is 29.5 Å². The number of amides is 1. The normalized spacial score (nSPS) is 10.9. The van der Waals surface area contributed by atoms with Gasteiger partial charge in [-0.05, 0) is 33.8 Å². The fraction of sp³-hybridized carbons (Fsp3) is 0.583. The zero-order chi connectivity index (χ0) is 11.7. The van der Waals surface area contributed by atoms with E-state index in [1.807, 2.05) is 19.9 Å². The van der Waals surface area contributed by atoms with Gasteiger partial charge in [0.25, 0.3) is 5.91 Å². The molecule has 0 fully saturated rings. The molecule has 0 aliphatic heterocycles. The van der Waals surface area contributed by atoms with Crippen LogP contribution in [0.1, 0.15) is 41.6 Å². The van der Waals surface area contributed by atoms with E-state index in [0.29, 0.717) is 6.04 Å². The Labute approximate surface area is 91.7 Å². The predicted molar refractivity (Wildman–Crippen MR) is 62.3 cm³/mol.